The Labute approximate surface area is 252 Å². The molecule has 1 aromatic carbocycles. The van der Waals surface area contributed by atoms with E-state index in [2.05, 4.69) is 5.32 Å². The van der Waals surface area contributed by atoms with Gasteiger partial charge in [-0.25, -0.2) is 0 Å². The summed E-state index contributed by atoms with van der Waals surface area (Å²) in [7, 11) is 11.1. The van der Waals surface area contributed by atoms with Gasteiger partial charge < -0.3 is 20.1 Å². The van der Waals surface area contributed by atoms with Crippen LogP contribution in [0.1, 0.15) is 100 Å². The van der Waals surface area contributed by atoms with Crippen molar-refractivity contribution in [2.75, 3.05) is 18.1 Å². The molecule has 0 spiro atoms. The maximum atomic E-state index is 13.8. The number of aliphatic hydroxyl groups excluding tert-OH is 1. The van der Waals surface area contributed by atoms with Gasteiger partial charge >= 0.3 is 0 Å². The molecule has 7 nitrogen and oxygen atoms in total. The molecule has 0 bridgehead atoms. The minimum Gasteiger partial charge on any atom is -0.396 e. The quantitative estimate of drug-likeness (QED) is 0.178. The number of amides is 2. The number of Topliss-reactive ketones (excluding diaryl/α,β-unsaturated/α-hetero) is 1. The fourth-order valence-corrected chi connectivity index (χ4v) is 4.14. The third-order valence-electron chi connectivity index (χ3n) is 6.63. The van der Waals surface area contributed by atoms with Crippen LogP contribution in [0, 0.1) is 5.92 Å². The van der Waals surface area contributed by atoms with E-state index in [0.717, 1.165) is 18.5 Å². The Morgan fingerprint density at radius 3 is 2.10 bits per heavy atom. The summed E-state index contributed by atoms with van der Waals surface area (Å²) in [6.45, 7) is 15.6. The maximum Gasteiger partial charge on any atom is 0.249 e. The summed E-state index contributed by atoms with van der Waals surface area (Å²) in [6.07, 6.45) is 4.63. The number of anilines is 1. The van der Waals surface area contributed by atoms with Crippen LogP contribution in [-0.2, 0) is 19.1 Å². The highest BCUT2D eigenvalue weighted by Crippen LogP contribution is 2.23. The monoisotopic (exact) mass is 568 g/mol. The largest absolute Gasteiger partial charge is 0.396 e. The lowest BCUT2D eigenvalue weighted by Crippen LogP contribution is -2.52. The molecule has 2 N–H and O–H groups in total. The number of rotatable bonds is 18. The minimum absolute atomic E-state index is 0.0453. The summed E-state index contributed by atoms with van der Waals surface area (Å²) in [5.74, 6) is -0.0131. The van der Waals surface area contributed by atoms with Crippen LogP contribution in [0.2, 0.25) is 11.6 Å². The van der Waals surface area contributed by atoms with Crippen LogP contribution in [0.15, 0.2) is 30.3 Å². The van der Waals surface area contributed by atoms with Crippen molar-refractivity contribution in [3.8, 4) is 0 Å². The van der Waals surface area contributed by atoms with Gasteiger partial charge in [-0.3, -0.25) is 14.4 Å². The van der Waals surface area contributed by atoms with Gasteiger partial charge in [0.25, 0.3) is 0 Å². The predicted octanol–water partition coefficient (Wildman–Crippen LogP) is 5.60. The van der Waals surface area contributed by atoms with Gasteiger partial charge in [-0.2, -0.15) is 0 Å². The van der Waals surface area contributed by atoms with Crippen LogP contribution in [0.5, 0.6) is 0 Å². The molecule has 0 aliphatic rings. The van der Waals surface area contributed by atoms with Gasteiger partial charge in [0.2, 0.25) is 11.8 Å². The highest BCUT2D eigenvalue weighted by molar-refractivity contribution is 6.14. The molecule has 228 valence electrons. The second kappa shape index (κ2) is 19.9. The highest BCUT2D eigenvalue weighted by Gasteiger charge is 2.31. The van der Waals surface area contributed by atoms with Crippen molar-refractivity contribution >= 4 is 39.0 Å². The number of aliphatic hydroxyl groups is 1. The first-order valence-electron chi connectivity index (χ1n) is 15.0. The average Bonchev–Trinajstić information content (AvgIpc) is 2.87. The highest BCUT2D eigenvalue weighted by atomic mass is 16.5. The number of hydrogen-bond acceptors (Lipinski definition) is 5. The first-order chi connectivity index (χ1) is 19.1. The van der Waals surface area contributed by atoms with E-state index in [1.807, 2.05) is 71.9 Å². The van der Waals surface area contributed by atoms with Crippen molar-refractivity contribution in [3.05, 3.63) is 30.3 Å². The Kier molecular flexibility index (Phi) is 18.9. The smallest absolute Gasteiger partial charge is 0.249 e. The summed E-state index contributed by atoms with van der Waals surface area (Å²) < 4.78 is 5.90. The molecule has 0 saturated carbocycles. The lowest BCUT2D eigenvalue weighted by Gasteiger charge is -2.34. The van der Waals surface area contributed by atoms with E-state index < -0.39 is 11.6 Å². The second-order valence-electron chi connectivity index (χ2n) is 12.3. The van der Waals surface area contributed by atoms with Gasteiger partial charge in [0.1, 0.15) is 11.6 Å². The molecule has 0 aliphatic carbocycles. The molecular weight excluding hydrogens is 514 g/mol. The molecule has 1 rings (SSSR count). The summed E-state index contributed by atoms with van der Waals surface area (Å²) >= 11 is 0. The number of ketones is 1. The molecule has 1 aromatic rings. The zero-order valence-corrected chi connectivity index (χ0v) is 26.9. The fraction of sp³-hybridized carbons (Fsp3) is 0.719. The number of para-hydroxylation sites is 1. The van der Waals surface area contributed by atoms with Crippen LogP contribution < -0.4 is 10.2 Å². The molecule has 2 atom stereocenters. The summed E-state index contributed by atoms with van der Waals surface area (Å²) in [5, 5.41) is 11.1. The lowest BCUT2D eigenvalue weighted by molar-refractivity contribution is -0.140. The number of nitrogens with zero attached hydrogens (tertiary/aromatic N) is 1. The number of carbonyl (C=O) groups is 3. The number of carbonyl (C=O) groups excluding carboxylic acids is 3. The van der Waals surface area contributed by atoms with Gasteiger partial charge in [0, 0.05) is 37.8 Å². The molecule has 41 heavy (non-hydrogen) atoms. The van der Waals surface area contributed by atoms with Gasteiger partial charge in [0.05, 0.1) is 15.7 Å². The Bertz CT molecular complexity index is 888. The zero-order valence-electron chi connectivity index (χ0n) is 26.9. The second-order valence-corrected chi connectivity index (χ2v) is 12.3. The van der Waals surface area contributed by atoms with E-state index in [1.165, 1.54) is 0 Å². The number of unbranched alkanes of at least 4 members (excludes halogenated alkanes) is 1. The van der Waals surface area contributed by atoms with E-state index >= 15 is 0 Å². The van der Waals surface area contributed by atoms with Crippen LogP contribution >= 0.6 is 0 Å². The standard InChI is InChI=1S/C27H43BN2O4.C5H11BO/c1-7-24(31)27(5,6)34-18-16-21(4)30(22-13-9-8-10-14-22)26(33)23(15-11-12-17-28)29-25(32)19-20(2)3;1-5(2,6)3-4-7/h8-10,13-14,20-21,23H,7,11-12,15-19H2,1-6H3,(H,29,32);7H,3-4H2,1-2H3. The van der Waals surface area contributed by atoms with E-state index in [-0.39, 0.29) is 41.5 Å². The van der Waals surface area contributed by atoms with E-state index in [9.17, 15) is 14.4 Å². The van der Waals surface area contributed by atoms with Gasteiger partial charge in [-0.15, -0.1) is 0 Å². The Morgan fingerprint density at radius 1 is 1.02 bits per heavy atom. The lowest BCUT2D eigenvalue weighted by atomic mass is 9.70. The van der Waals surface area contributed by atoms with Crippen LogP contribution in [0.3, 0.4) is 0 Å². The van der Waals surface area contributed by atoms with Crippen LogP contribution in [-0.4, -0.2) is 69.3 Å². The van der Waals surface area contributed by atoms with E-state index in [0.29, 0.717) is 45.0 Å². The van der Waals surface area contributed by atoms with Crippen LogP contribution in [0.25, 0.3) is 0 Å². The fourth-order valence-electron chi connectivity index (χ4n) is 4.14. The summed E-state index contributed by atoms with van der Waals surface area (Å²) in [5.41, 5.74) is -0.0862. The number of ether oxygens (including phenoxy) is 1. The van der Waals surface area contributed by atoms with Gasteiger partial charge in [0.15, 0.2) is 5.78 Å². The summed E-state index contributed by atoms with van der Waals surface area (Å²) in [4.78, 5) is 40.2. The first kappa shape index (κ1) is 38.9. The Balaban J connectivity index is 0.00000201. The van der Waals surface area contributed by atoms with Crippen molar-refractivity contribution in [2.24, 2.45) is 5.92 Å². The maximum absolute atomic E-state index is 13.8. The molecule has 0 heterocycles. The van der Waals surface area contributed by atoms with Crippen molar-refractivity contribution in [2.45, 2.75) is 130 Å². The number of hydrogen-bond donors (Lipinski definition) is 2. The molecule has 2 amide bonds. The van der Waals surface area contributed by atoms with Crippen molar-refractivity contribution in [3.63, 3.8) is 0 Å². The minimum atomic E-state index is -0.856. The van der Waals surface area contributed by atoms with Gasteiger partial charge in [-0.1, -0.05) is 77.3 Å². The molecular formula is C32H54B2N2O5. The molecule has 9 heteroatoms. The van der Waals surface area contributed by atoms with Gasteiger partial charge in [-0.05, 0) is 58.1 Å². The molecule has 0 saturated heterocycles. The number of benzene rings is 1. The predicted molar refractivity (Wildman–Crippen MR) is 171 cm³/mol. The molecule has 4 radical (unpaired) electrons. The third kappa shape index (κ3) is 16.8. The number of nitrogens with one attached hydrogen (secondary N) is 1. The normalized spacial score (nSPS) is 13.1. The summed E-state index contributed by atoms with van der Waals surface area (Å²) in [6, 6.07) is 8.66. The molecule has 2 unspecified atom stereocenters. The molecule has 0 fully saturated rings. The Morgan fingerprint density at radius 2 is 1.63 bits per heavy atom. The van der Waals surface area contributed by atoms with Crippen molar-refractivity contribution in [1.82, 2.24) is 5.32 Å². The van der Waals surface area contributed by atoms with E-state index in [4.69, 9.17) is 25.5 Å². The first-order valence-corrected chi connectivity index (χ1v) is 15.0. The SMILES string of the molecule is [B]C(C)(C)CCO.[B]CCCCC(NC(=O)CC(C)C)C(=O)N(c1ccccc1)C(C)CCOC(C)(C)C(=O)CC. The molecule has 0 aliphatic heterocycles. The molecule has 0 aromatic heterocycles. The third-order valence-corrected chi connectivity index (χ3v) is 6.63. The zero-order chi connectivity index (χ0) is 31.6. The van der Waals surface area contributed by atoms with E-state index in [1.54, 1.807) is 18.7 Å². The average molecular weight is 568 g/mol. The van der Waals surface area contributed by atoms with Crippen molar-refractivity contribution in [1.29, 1.82) is 0 Å². The topological polar surface area (TPSA) is 95.9 Å². The Hall–Kier alpha value is -2.12. The van der Waals surface area contributed by atoms with Crippen molar-refractivity contribution < 1.29 is 24.2 Å². The van der Waals surface area contributed by atoms with Crippen LogP contribution in [0.4, 0.5) is 5.69 Å².